The predicted molar refractivity (Wildman–Crippen MR) is 118 cm³/mol. The fraction of sp³-hybridized carbons (Fsp3) is 0.348. The van der Waals surface area contributed by atoms with Gasteiger partial charge in [0.05, 0.1) is 5.02 Å². The molecule has 156 valence electrons. The first-order valence-corrected chi connectivity index (χ1v) is 10.6. The molecule has 6 nitrogen and oxygen atoms in total. The van der Waals surface area contributed by atoms with Crippen LogP contribution in [-0.4, -0.2) is 47.1 Å². The van der Waals surface area contributed by atoms with E-state index < -0.39 is 0 Å². The van der Waals surface area contributed by atoms with E-state index in [9.17, 15) is 4.79 Å². The molecule has 1 fully saturated rings. The molecule has 0 aliphatic carbocycles. The summed E-state index contributed by atoms with van der Waals surface area (Å²) in [4.78, 5) is 21.3. The van der Waals surface area contributed by atoms with Crippen molar-refractivity contribution in [2.75, 3.05) is 31.1 Å². The van der Waals surface area contributed by atoms with Crippen LogP contribution in [0, 0.1) is 13.8 Å². The highest BCUT2D eigenvalue weighted by molar-refractivity contribution is 6.33. The number of hydrogen-bond acceptors (Lipinski definition) is 5. The Labute approximate surface area is 181 Å². The molecule has 7 heteroatoms. The first-order valence-electron chi connectivity index (χ1n) is 10.2. The van der Waals surface area contributed by atoms with Crippen LogP contribution in [0.5, 0.6) is 0 Å². The van der Waals surface area contributed by atoms with E-state index in [0.717, 1.165) is 31.7 Å². The van der Waals surface area contributed by atoms with Gasteiger partial charge < -0.3 is 14.3 Å². The Morgan fingerprint density at radius 1 is 1.07 bits per heavy atom. The summed E-state index contributed by atoms with van der Waals surface area (Å²) in [6.45, 7) is 7.42. The van der Waals surface area contributed by atoms with Crippen LogP contribution in [0.2, 0.25) is 5.02 Å². The number of halogens is 1. The van der Waals surface area contributed by atoms with Crippen LogP contribution in [0.3, 0.4) is 0 Å². The number of benzene rings is 2. The van der Waals surface area contributed by atoms with Gasteiger partial charge in [-0.05, 0) is 43.2 Å². The Bertz CT molecular complexity index is 1040. The topological polar surface area (TPSA) is 62.5 Å². The average molecular weight is 425 g/mol. The summed E-state index contributed by atoms with van der Waals surface area (Å²) in [5.74, 6) is 1.02. The lowest BCUT2D eigenvalue weighted by Crippen LogP contribution is -2.49. The monoisotopic (exact) mass is 424 g/mol. The summed E-state index contributed by atoms with van der Waals surface area (Å²) >= 11 is 6.19. The maximum atomic E-state index is 12.7. The highest BCUT2D eigenvalue weighted by Gasteiger charge is 2.23. The van der Waals surface area contributed by atoms with Gasteiger partial charge in [-0.1, -0.05) is 41.0 Å². The molecule has 0 unspecified atom stereocenters. The normalized spacial score (nSPS) is 14.2. The highest BCUT2D eigenvalue weighted by atomic mass is 35.5. The summed E-state index contributed by atoms with van der Waals surface area (Å²) in [7, 11) is 0. The fourth-order valence-corrected chi connectivity index (χ4v) is 3.98. The number of carbonyl (C=O) groups is 1. The number of aryl methyl sites for hydroxylation is 2. The Morgan fingerprint density at radius 3 is 2.60 bits per heavy atom. The summed E-state index contributed by atoms with van der Waals surface area (Å²) < 4.78 is 5.31. The van der Waals surface area contributed by atoms with Gasteiger partial charge in [-0.15, -0.1) is 0 Å². The average Bonchev–Trinajstić information content (AvgIpc) is 3.23. The third-order valence-corrected chi connectivity index (χ3v) is 6.01. The molecule has 2 aromatic carbocycles. The van der Waals surface area contributed by atoms with E-state index in [1.165, 1.54) is 16.8 Å². The van der Waals surface area contributed by atoms with E-state index in [1.54, 1.807) is 6.07 Å². The summed E-state index contributed by atoms with van der Waals surface area (Å²) in [6.07, 6.45) is 0.779. The van der Waals surface area contributed by atoms with Crippen molar-refractivity contribution in [3.63, 3.8) is 0 Å². The van der Waals surface area contributed by atoms with Crippen molar-refractivity contribution in [2.45, 2.75) is 26.7 Å². The van der Waals surface area contributed by atoms with E-state index >= 15 is 0 Å². The number of carbonyl (C=O) groups excluding carboxylic acids is 1. The second kappa shape index (κ2) is 8.88. The molecule has 1 aliphatic heterocycles. The van der Waals surface area contributed by atoms with Gasteiger partial charge in [0.25, 0.3) is 0 Å². The second-order valence-electron chi connectivity index (χ2n) is 7.58. The number of aromatic nitrogens is 2. The minimum Gasteiger partial charge on any atom is -0.368 e. The quantitative estimate of drug-likeness (QED) is 0.611. The van der Waals surface area contributed by atoms with Crippen LogP contribution in [0.25, 0.3) is 11.4 Å². The van der Waals surface area contributed by atoms with Gasteiger partial charge in [0.15, 0.2) is 0 Å². The zero-order valence-corrected chi connectivity index (χ0v) is 18.0. The molecule has 4 rings (SSSR count). The molecule has 0 atom stereocenters. The number of nitrogens with zero attached hydrogens (tertiary/aromatic N) is 4. The van der Waals surface area contributed by atoms with Gasteiger partial charge in [-0.2, -0.15) is 4.98 Å². The Hall–Kier alpha value is -2.86. The number of hydrogen-bond donors (Lipinski definition) is 0. The molecule has 30 heavy (non-hydrogen) atoms. The number of piperazine rings is 1. The van der Waals surface area contributed by atoms with Crippen molar-refractivity contribution >= 4 is 23.2 Å². The first-order chi connectivity index (χ1) is 14.5. The van der Waals surface area contributed by atoms with E-state index in [2.05, 4.69) is 47.1 Å². The van der Waals surface area contributed by atoms with Crippen molar-refractivity contribution in [3.8, 4) is 11.4 Å². The van der Waals surface area contributed by atoms with Crippen LogP contribution >= 0.6 is 11.6 Å². The van der Waals surface area contributed by atoms with Crippen molar-refractivity contribution in [2.24, 2.45) is 0 Å². The maximum Gasteiger partial charge on any atom is 0.227 e. The molecule has 3 aromatic rings. The first kappa shape index (κ1) is 20.4. The lowest BCUT2D eigenvalue weighted by atomic mass is 10.1. The molecule has 0 spiro atoms. The number of rotatable bonds is 5. The van der Waals surface area contributed by atoms with Crippen LogP contribution in [0.1, 0.15) is 23.4 Å². The molecule has 0 saturated carbocycles. The Morgan fingerprint density at radius 2 is 1.83 bits per heavy atom. The van der Waals surface area contributed by atoms with E-state index in [0.29, 0.717) is 29.6 Å². The Balaban J connectivity index is 1.31. The van der Waals surface area contributed by atoms with Gasteiger partial charge in [0.2, 0.25) is 17.6 Å². The van der Waals surface area contributed by atoms with E-state index in [4.69, 9.17) is 16.1 Å². The maximum absolute atomic E-state index is 12.7. The minimum absolute atomic E-state index is 0.119. The minimum atomic E-state index is 0.119. The largest absolute Gasteiger partial charge is 0.368 e. The molecule has 1 amide bonds. The zero-order chi connectivity index (χ0) is 21.1. The fourth-order valence-electron chi connectivity index (χ4n) is 3.76. The lowest BCUT2D eigenvalue weighted by molar-refractivity contribution is -0.131. The van der Waals surface area contributed by atoms with Crippen molar-refractivity contribution in [1.29, 1.82) is 0 Å². The highest BCUT2D eigenvalue weighted by Crippen LogP contribution is 2.26. The molecule has 1 aliphatic rings. The second-order valence-corrected chi connectivity index (χ2v) is 7.99. The summed E-state index contributed by atoms with van der Waals surface area (Å²) in [6, 6.07) is 13.7. The smallest absolute Gasteiger partial charge is 0.227 e. The SMILES string of the molecule is Cc1cccc(N2CCN(C(=O)CCc3nc(-c4ccccc4Cl)no3)CC2)c1C. The molecule has 0 radical (unpaired) electrons. The van der Waals surface area contributed by atoms with Crippen molar-refractivity contribution in [1.82, 2.24) is 15.0 Å². The third kappa shape index (κ3) is 4.33. The standard InChI is InChI=1S/C23H25ClN4O2/c1-16-6-5-9-20(17(16)2)27-12-14-28(15-13-27)22(29)11-10-21-25-23(26-30-21)18-7-3-4-8-19(18)24/h3-9H,10-15H2,1-2H3. The molecule has 1 aromatic heterocycles. The molecule has 0 bridgehead atoms. The van der Waals surface area contributed by atoms with Gasteiger partial charge in [-0.25, -0.2) is 0 Å². The van der Waals surface area contributed by atoms with Gasteiger partial charge in [-0.3, -0.25) is 4.79 Å². The predicted octanol–water partition coefficient (Wildman–Crippen LogP) is 4.29. The summed E-state index contributed by atoms with van der Waals surface area (Å²) in [5, 5.41) is 4.57. The molecular weight excluding hydrogens is 400 g/mol. The van der Waals surface area contributed by atoms with Crippen molar-refractivity contribution in [3.05, 3.63) is 64.5 Å². The number of amides is 1. The molecule has 1 saturated heterocycles. The van der Waals surface area contributed by atoms with Crippen LogP contribution < -0.4 is 4.90 Å². The van der Waals surface area contributed by atoms with Crippen LogP contribution in [0.4, 0.5) is 5.69 Å². The van der Waals surface area contributed by atoms with Gasteiger partial charge in [0.1, 0.15) is 0 Å². The molecule has 0 N–H and O–H groups in total. The molecular formula is C23H25ClN4O2. The van der Waals surface area contributed by atoms with E-state index in [-0.39, 0.29) is 5.91 Å². The van der Waals surface area contributed by atoms with Crippen molar-refractivity contribution < 1.29 is 9.32 Å². The van der Waals surface area contributed by atoms with Gasteiger partial charge in [0, 0.05) is 50.3 Å². The third-order valence-electron chi connectivity index (χ3n) is 5.68. The number of anilines is 1. The zero-order valence-electron chi connectivity index (χ0n) is 17.3. The summed E-state index contributed by atoms with van der Waals surface area (Å²) in [5.41, 5.74) is 4.59. The molecule has 2 heterocycles. The lowest BCUT2D eigenvalue weighted by Gasteiger charge is -2.37. The Kier molecular flexibility index (Phi) is 6.04. The van der Waals surface area contributed by atoms with E-state index in [1.807, 2.05) is 23.1 Å². The van der Waals surface area contributed by atoms with Crippen LogP contribution in [-0.2, 0) is 11.2 Å². The van der Waals surface area contributed by atoms with Gasteiger partial charge >= 0.3 is 0 Å². The van der Waals surface area contributed by atoms with Crippen LogP contribution in [0.15, 0.2) is 47.0 Å².